The molecular weight excluding hydrogens is 1580 g/mol. The summed E-state index contributed by atoms with van der Waals surface area (Å²) >= 11 is 0. The number of nitrogens with zero attached hydrogens (tertiary/aromatic N) is 1. The lowest BCUT2D eigenvalue weighted by atomic mass is 9.99. The number of hydrogen-bond donors (Lipinski definition) is 27. The number of primary amides is 2. The number of phenols is 1. The molecule has 121 heavy (non-hydrogen) atoms. The number of aromatic amines is 1. The molecule has 1 unspecified atom stereocenters. The van der Waals surface area contributed by atoms with E-state index in [1.807, 2.05) is 0 Å². The van der Waals surface area contributed by atoms with Gasteiger partial charge in [-0.1, -0.05) is 77.1 Å². The minimum Gasteiger partial charge on any atom is -0.508 e. The number of nitrogens with one attached hydrogen (secondary N) is 19. The number of aromatic nitrogens is 2. The van der Waals surface area contributed by atoms with Crippen LogP contribution in [0.15, 0.2) is 67.1 Å². The molecule has 1 aromatic heterocycles. The number of carboxylic acids is 1. The molecule has 16 amide bonds. The van der Waals surface area contributed by atoms with E-state index in [1.165, 1.54) is 57.6 Å². The Morgan fingerprint density at radius 2 is 0.926 bits per heavy atom. The summed E-state index contributed by atoms with van der Waals surface area (Å²) in [5.41, 5.74) is 29.0. The van der Waals surface area contributed by atoms with Crippen LogP contribution in [0, 0.1) is 22.7 Å². The third-order valence-electron chi connectivity index (χ3n) is 18.4. The zero-order valence-electron chi connectivity index (χ0n) is 68.8. The van der Waals surface area contributed by atoms with Gasteiger partial charge in [-0.15, -0.1) is 0 Å². The summed E-state index contributed by atoms with van der Waals surface area (Å²) in [6.07, 6.45) is 0.213. The average Bonchev–Trinajstić information content (AvgIpc) is 1.03. The van der Waals surface area contributed by atoms with E-state index < -0.39 is 223 Å². The second-order valence-electron chi connectivity index (χ2n) is 29.4. The van der Waals surface area contributed by atoms with Gasteiger partial charge in [0.05, 0.1) is 31.6 Å². The fourth-order valence-corrected chi connectivity index (χ4v) is 11.9. The Balaban J connectivity index is 1.82. The normalized spacial score (nSPS) is 14.2. The van der Waals surface area contributed by atoms with E-state index in [2.05, 4.69) is 95.0 Å². The van der Waals surface area contributed by atoms with E-state index >= 15 is 0 Å². The van der Waals surface area contributed by atoms with Crippen molar-refractivity contribution in [3.05, 3.63) is 83.9 Å². The quantitative estimate of drug-likeness (QED) is 0.0142. The van der Waals surface area contributed by atoms with Gasteiger partial charge in [0, 0.05) is 51.9 Å². The zero-order valence-corrected chi connectivity index (χ0v) is 68.8. The third kappa shape index (κ3) is 39.3. The van der Waals surface area contributed by atoms with Crippen LogP contribution in [0.3, 0.4) is 0 Å². The van der Waals surface area contributed by atoms with E-state index in [4.69, 9.17) is 39.5 Å². The van der Waals surface area contributed by atoms with E-state index in [0.29, 0.717) is 17.5 Å². The van der Waals surface area contributed by atoms with E-state index in [0.717, 1.165) is 0 Å². The molecule has 3 aromatic rings. The number of imidazole rings is 1. The molecular formula is C76H119N25O20. The number of benzene rings is 2. The summed E-state index contributed by atoms with van der Waals surface area (Å²) in [6.45, 7) is 8.74. The van der Waals surface area contributed by atoms with Crippen LogP contribution in [0.25, 0.3) is 0 Å². The fourth-order valence-electron chi connectivity index (χ4n) is 11.9. The molecule has 0 aliphatic rings. The van der Waals surface area contributed by atoms with Crippen molar-refractivity contribution >= 4 is 112 Å². The lowest BCUT2D eigenvalue weighted by molar-refractivity contribution is -0.139. The summed E-state index contributed by atoms with van der Waals surface area (Å²) in [4.78, 5) is 238. The van der Waals surface area contributed by atoms with Gasteiger partial charge in [0.25, 0.3) is 0 Å². The molecule has 668 valence electrons. The number of H-pyrrole nitrogens is 1. The first-order valence-electron chi connectivity index (χ1n) is 39.4. The topological polar surface area (TPSA) is 750 Å². The second-order valence-corrected chi connectivity index (χ2v) is 29.4. The Labute approximate surface area is 698 Å². The number of guanidine groups is 2. The first-order valence-corrected chi connectivity index (χ1v) is 39.4. The highest BCUT2D eigenvalue weighted by molar-refractivity contribution is 6.01. The van der Waals surface area contributed by atoms with Gasteiger partial charge in [-0.05, 0) is 113 Å². The predicted molar refractivity (Wildman–Crippen MR) is 436 cm³/mol. The highest BCUT2D eigenvalue weighted by atomic mass is 16.4. The Morgan fingerprint density at radius 3 is 1.43 bits per heavy atom. The van der Waals surface area contributed by atoms with Crippen molar-refractivity contribution in [2.24, 2.45) is 40.5 Å². The van der Waals surface area contributed by atoms with Crippen LogP contribution in [0.4, 0.5) is 0 Å². The fraction of sp³-hybridized carbons (Fsp3) is 0.553. The monoisotopic (exact) mass is 1700 g/mol. The maximum atomic E-state index is 14.4. The van der Waals surface area contributed by atoms with Gasteiger partial charge in [-0.2, -0.15) is 0 Å². The molecule has 0 radical (unpaired) electrons. The molecule has 2 aromatic carbocycles. The first kappa shape index (κ1) is 102. The number of unbranched alkanes of at least 4 members (excludes halogenated alkanes) is 1. The van der Waals surface area contributed by atoms with Crippen molar-refractivity contribution in [2.75, 3.05) is 32.8 Å². The lowest BCUT2D eigenvalue weighted by Crippen LogP contribution is -2.61. The molecule has 0 saturated heterocycles. The summed E-state index contributed by atoms with van der Waals surface area (Å²) in [6, 6.07) is -5.58. The van der Waals surface area contributed by atoms with E-state index in [-0.39, 0.29) is 114 Å². The van der Waals surface area contributed by atoms with Crippen molar-refractivity contribution in [3.63, 3.8) is 0 Å². The van der Waals surface area contributed by atoms with Gasteiger partial charge in [0.15, 0.2) is 11.9 Å². The molecule has 45 nitrogen and oxygen atoms in total. The Hall–Kier alpha value is -13.1. The van der Waals surface area contributed by atoms with Crippen LogP contribution in [0.2, 0.25) is 0 Å². The number of carboxylic acid groups (broad SMARTS) is 1. The number of aromatic hydroxyl groups is 1. The van der Waals surface area contributed by atoms with Crippen LogP contribution in [0.1, 0.15) is 142 Å². The highest BCUT2D eigenvalue weighted by Crippen LogP contribution is 2.16. The number of amides is 16. The molecule has 0 saturated carbocycles. The molecule has 0 spiro atoms. The minimum atomic E-state index is -1.85. The Morgan fingerprint density at radius 1 is 0.471 bits per heavy atom. The van der Waals surface area contributed by atoms with Crippen molar-refractivity contribution in [1.29, 1.82) is 10.8 Å². The van der Waals surface area contributed by atoms with Crippen LogP contribution in [-0.2, 0) is 101 Å². The van der Waals surface area contributed by atoms with Gasteiger partial charge in [-0.3, -0.25) is 92.3 Å². The van der Waals surface area contributed by atoms with Crippen LogP contribution >= 0.6 is 0 Å². The Bertz CT molecular complexity index is 4010. The summed E-state index contributed by atoms with van der Waals surface area (Å²) in [5.74, 6) is -18.8. The van der Waals surface area contributed by atoms with Crippen LogP contribution in [0.5, 0.6) is 5.75 Å². The summed E-state index contributed by atoms with van der Waals surface area (Å²) < 4.78 is 0. The van der Waals surface area contributed by atoms with Crippen molar-refractivity contribution in [2.45, 2.75) is 223 Å². The van der Waals surface area contributed by atoms with E-state index in [9.17, 15) is 96.8 Å². The molecule has 0 aliphatic heterocycles. The molecule has 0 bridgehead atoms. The summed E-state index contributed by atoms with van der Waals surface area (Å²) in [5, 5.41) is 84.8. The van der Waals surface area contributed by atoms with Gasteiger partial charge in [-0.25, -0.2) is 4.98 Å². The first-order chi connectivity index (χ1) is 57.1. The standard InChI is InChI=1S/C76H119N25O20/c1-8-47(65(112)100-56(34-58(78)105)71(118)98-54(32-44-21-23-46(104)24-22-44)72(119)101-61(40(4)5)74(121)96-52(62(79)109)31-43-16-10-9-11-17-43)92-73(120)57(37-102)91-59(106)36-87-64(111)55(33-45-35-84-38-88-45)99-68(115)50(20-15-29-86-76(82)83)93-63(110)41(6)89-66(113)49(18-12-13-27-77)94-69(116)51(25-26-60(107)108)95-70(117)53(30-39(2)3)97-67(114)48(90-42(7)103)19-14-28-85-75(80)81/h9-11,16-17,21-24,35,38-41,47-57,61,102,104H,8,12-15,18-20,25-34,36-37,77H2,1-7H3,(H2,78,105)(H2,79,109)(H,84,88)(H,87,111)(H,89,113)(H,90,103)(H,91,106)(H,92,120)(H,93,110)(H,94,116)(H,95,117)(H,96,121)(H,97,114)(H,98,118)(H,99,115)(H,100,112)(H,101,119)(H,107,108)(H4,80,81,85)(H4,82,83,86)/t41-,47?,48-,49-,50-,51-,52-,53-,54-,55-,56-,57-,61-/m0/s1. The number of phenolic OH excluding ortho intramolecular Hbond substituents is 1. The number of rotatable bonds is 56. The Kier molecular flexibility index (Phi) is 45.0. The largest absolute Gasteiger partial charge is 0.508 e. The van der Waals surface area contributed by atoms with Crippen LogP contribution in [-0.4, -0.2) is 249 Å². The second kappa shape index (κ2) is 53.4. The summed E-state index contributed by atoms with van der Waals surface area (Å²) in [7, 11) is 0. The maximum absolute atomic E-state index is 14.4. The van der Waals surface area contributed by atoms with Gasteiger partial charge in [0.2, 0.25) is 94.5 Å². The van der Waals surface area contributed by atoms with Crippen molar-refractivity contribution < 1.29 is 96.8 Å². The molecule has 1 heterocycles. The minimum absolute atomic E-state index is 0.00169. The number of aliphatic hydroxyl groups is 1. The van der Waals surface area contributed by atoms with Gasteiger partial charge >= 0.3 is 5.97 Å². The van der Waals surface area contributed by atoms with Crippen LogP contribution < -0.4 is 114 Å². The van der Waals surface area contributed by atoms with Gasteiger partial charge in [0.1, 0.15) is 84.3 Å². The lowest BCUT2D eigenvalue weighted by Gasteiger charge is -2.28. The van der Waals surface area contributed by atoms with Gasteiger partial charge < -0.3 is 134 Å². The SMILES string of the molecule is CCC(NC(=O)[C@H](CO)NC(=O)CNC(=O)[C@H](Cc1c[nH]cn1)NC(=O)[C@H](CCCNC(=N)N)NC(=O)[C@H](C)NC(=O)[C@H](CCCCN)NC(=O)[C@H](CCC(=O)O)NC(=O)[C@H](CC(C)C)NC(=O)[C@H](CCCNC(=N)N)NC(C)=O)C(=O)N[C@@H](CC(N)=O)C(=O)N[C@@H](Cc1ccc(O)cc1)C(=O)N[C@H](C(=O)N[C@@H](Cc1ccccc1)C(N)=O)C(C)C. The van der Waals surface area contributed by atoms with Crippen molar-refractivity contribution in [1.82, 2.24) is 95.0 Å². The number of carbonyl (C=O) groups excluding carboxylic acids is 16. The van der Waals surface area contributed by atoms with E-state index in [1.54, 1.807) is 58.0 Å². The molecule has 0 aliphatic carbocycles. The molecule has 3 rings (SSSR count). The number of nitrogens with two attached hydrogens (primary N) is 5. The molecule has 0 fully saturated rings. The number of carbonyl (C=O) groups is 17. The molecule has 13 atom stereocenters. The number of hydrogen-bond acceptors (Lipinski definition) is 23. The predicted octanol–water partition coefficient (Wildman–Crippen LogP) is -7.41. The molecule has 45 heteroatoms. The molecule has 32 N–H and O–H groups in total. The van der Waals surface area contributed by atoms with Crippen molar-refractivity contribution in [3.8, 4) is 5.75 Å². The number of aliphatic hydroxyl groups excluding tert-OH is 1. The zero-order chi connectivity index (χ0) is 90.6. The average molecular weight is 1700 g/mol. The number of aliphatic carboxylic acids is 1. The highest BCUT2D eigenvalue weighted by Gasteiger charge is 2.38. The maximum Gasteiger partial charge on any atom is 0.303 e. The smallest absolute Gasteiger partial charge is 0.303 e. The third-order valence-corrected chi connectivity index (χ3v) is 18.4.